The highest BCUT2D eigenvalue weighted by Crippen LogP contribution is 2.26. The summed E-state index contributed by atoms with van der Waals surface area (Å²) in [5.41, 5.74) is 8.68. The van der Waals surface area contributed by atoms with Crippen molar-refractivity contribution in [2.75, 3.05) is 31.6 Å². The average molecular weight is 559 g/mol. The molecule has 11 nitrogen and oxygen atoms in total. The van der Waals surface area contributed by atoms with Gasteiger partial charge in [0.25, 0.3) is 0 Å². The predicted octanol–water partition coefficient (Wildman–Crippen LogP) is 4.25. The molecule has 0 aliphatic carbocycles. The highest BCUT2D eigenvalue weighted by atomic mass is 16.5. The molecule has 4 rings (SSSR count). The SMILES string of the molecule is C=C(N=C(/C=C\N)Oc1ccccc1CNC(=O)Nc1cc(C(C)(C)C)nn1-c1ccc(C)nc1)N1CCOCC1. The molecular weight excluding hydrogens is 520 g/mol. The highest BCUT2D eigenvalue weighted by molar-refractivity contribution is 5.90. The van der Waals surface area contributed by atoms with Crippen LogP contribution in [0.25, 0.3) is 5.69 Å². The summed E-state index contributed by atoms with van der Waals surface area (Å²) in [5, 5.41) is 10.6. The lowest BCUT2D eigenvalue weighted by molar-refractivity contribution is 0.0533. The van der Waals surface area contributed by atoms with Crippen LogP contribution in [-0.4, -0.2) is 57.9 Å². The Morgan fingerprint density at radius 1 is 1.22 bits per heavy atom. The number of pyridine rings is 1. The Bertz CT molecular complexity index is 1410. The molecule has 41 heavy (non-hydrogen) atoms. The fraction of sp³-hybridized carbons (Fsp3) is 0.333. The summed E-state index contributed by atoms with van der Waals surface area (Å²) in [4.78, 5) is 24.0. The first-order chi connectivity index (χ1) is 19.6. The van der Waals surface area contributed by atoms with E-state index in [-0.39, 0.29) is 17.9 Å². The number of hydrogen-bond acceptors (Lipinski definition) is 8. The molecular formula is C30H38N8O3. The van der Waals surface area contributed by atoms with Crippen LogP contribution in [0.1, 0.15) is 37.7 Å². The number of aliphatic imine (C=N–C) groups is 1. The van der Waals surface area contributed by atoms with E-state index in [1.165, 1.54) is 6.20 Å². The predicted molar refractivity (Wildman–Crippen MR) is 160 cm³/mol. The Balaban J connectivity index is 1.47. The topological polar surface area (TPSA) is 132 Å². The molecule has 2 aromatic heterocycles. The van der Waals surface area contributed by atoms with Crippen LogP contribution < -0.4 is 21.1 Å². The van der Waals surface area contributed by atoms with E-state index in [9.17, 15) is 4.79 Å². The minimum Gasteiger partial charge on any atom is -0.439 e. The molecule has 2 amide bonds. The van der Waals surface area contributed by atoms with Crippen molar-refractivity contribution < 1.29 is 14.3 Å². The quantitative estimate of drug-likeness (QED) is 0.278. The van der Waals surface area contributed by atoms with E-state index in [1.807, 2.05) is 48.2 Å². The third-order valence-electron chi connectivity index (χ3n) is 6.34. The van der Waals surface area contributed by atoms with Crippen LogP contribution in [0.15, 0.2) is 78.3 Å². The number of nitrogens with two attached hydrogens (primary N) is 1. The molecule has 3 aromatic rings. The fourth-order valence-electron chi connectivity index (χ4n) is 4.01. The molecule has 0 bridgehead atoms. The number of para-hydroxylation sites is 1. The summed E-state index contributed by atoms with van der Waals surface area (Å²) in [6.07, 6.45) is 4.66. The van der Waals surface area contributed by atoms with Crippen molar-refractivity contribution in [2.24, 2.45) is 10.7 Å². The monoisotopic (exact) mass is 558 g/mol. The van der Waals surface area contributed by atoms with Gasteiger partial charge in [0, 0.05) is 48.4 Å². The van der Waals surface area contributed by atoms with Gasteiger partial charge in [-0.3, -0.25) is 10.3 Å². The summed E-state index contributed by atoms with van der Waals surface area (Å²) >= 11 is 0. The van der Waals surface area contributed by atoms with Crippen molar-refractivity contribution in [1.82, 2.24) is 25.0 Å². The van der Waals surface area contributed by atoms with Crippen molar-refractivity contribution >= 4 is 17.7 Å². The van der Waals surface area contributed by atoms with Gasteiger partial charge in [-0.1, -0.05) is 45.5 Å². The molecule has 1 saturated heterocycles. The lowest BCUT2D eigenvalue weighted by Crippen LogP contribution is -2.35. The largest absolute Gasteiger partial charge is 0.439 e. The number of rotatable bonds is 8. The van der Waals surface area contributed by atoms with Crippen molar-refractivity contribution in [1.29, 1.82) is 0 Å². The van der Waals surface area contributed by atoms with Gasteiger partial charge < -0.3 is 25.4 Å². The van der Waals surface area contributed by atoms with Gasteiger partial charge in [0.05, 0.1) is 30.8 Å². The highest BCUT2D eigenvalue weighted by Gasteiger charge is 2.22. The van der Waals surface area contributed by atoms with Crippen LogP contribution in [0.2, 0.25) is 0 Å². The molecule has 1 aliphatic heterocycles. The van der Waals surface area contributed by atoms with E-state index in [0.717, 1.165) is 22.6 Å². The summed E-state index contributed by atoms with van der Waals surface area (Å²) in [7, 11) is 0. The van der Waals surface area contributed by atoms with Crippen molar-refractivity contribution in [3.8, 4) is 11.4 Å². The molecule has 216 valence electrons. The number of morpholine rings is 1. The standard InChI is InChI=1S/C30H38N8O3/c1-21-10-11-24(20-32-21)38-27(18-26(36-38)30(3,4)5)35-29(39)33-19-23-8-6-7-9-25(23)41-28(12-13-31)34-22(2)37-14-16-40-17-15-37/h6-13,18,20H,2,14-17,19,31H2,1,3-5H3,(H2,33,35,39)/b13-12-,34-28?. The fourth-order valence-corrected chi connectivity index (χ4v) is 4.01. The van der Waals surface area contributed by atoms with Crippen molar-refractivity contribution in [3.05, 3.63) is 90.3 Å². The van der Waals surface area contributed by atoms with Gasteiger partial charge in [-0.2, -0.15) is 10.1 Å². The Hall–Kier alpha value is -4.64. The molecule has 0 spiro atoms. The Morgan fingerprint density at radius 3 is 2.66 bits per heavy atom. The maximum atomic E-state index is 13.0. The van der Waals surface area contributed by atoms with E-state index in [1.54, 1.807) is 23.0 Å². The molecule has 0 unspecified atom stereocenters. The number of ether oxygens (including phenoxy) is 2. The van der Waals surface area contributed by atoms with Gasteiger partial charge in [-0.25, -0.2) is 9.48 Å². The second kappa shape index (κ2) is 13.1. The van der Waals surface area contributed by atoms with E-state index in [4.69, 9.17) is 20.3 Å². The first-order valence-corrected chi connectivity index (χ1v) is 13.5. The second-order valence-corrected chi connectivity index (χ2v) is 10.6. The maximum absolute atomic E-state index is 13.0. The number of nitrogens with one attached hydrogen (secondary N) is 2. The van der Waals surface area contributed by atoms with Crippen molar-refractivity contribution in [2.45, 2.75) is 39.7 Å². The van der Waals surface area contributed by atoms with Gasteiger partial charge in [-0.15, -0.1) is 0 Å². The van der Waals surface area contributed by atoms with E-state index < -0.39 is 6.03 Å². The van der Waals surface area contributed by atoms with Crippen LogP contribution >= 0.6 is 0 Å². The smallest absolute Gasteiger partial charge is 0.320 e. The molecule has 0 saturated carbocycles. The number of aryl methyl sites for hydroxylation is 1. The summed E-state index contributed by atoms with van der Waals surface area (Å²) in [6, 6.07) is 12.7. The Kier molecular flexibility index (Phi) is 9.41. The van der Waals surface area contributed by atoms with Crippen molar-refractivity contribution in [3.63, 3.8) is 0 Å². The zero-order chi connectivity index (χ0) is 29.4. The number of benzene rings is 1. The molecule has 11 heteroatoms. The first-order valence-electron chi connectivity index (χ1n) is 13.5. The molecule has 4 N–H and O–H groups in total. The van der Waals surface area contributed by atoms with Crippen LogP contribution in [0, 0.1) is 6.92 Å². The molecule has 0 atom stereocenters. The van der Waals surface area contributed by atoms with E-state index in [0.29, 0.717) is 43.7 Å². The molecule has 3 heterocycles. The zero-order valence-corrected chi connectivity index (χ0v) is 24.1. The first kappa shape index (κ1) is 29.3. The molecule has 1 aromatic carbocycles. The maximum Gasteiger partial charge on any atom is 0.320 e. The Labute approximate surface area is 240 Å². The summed E-state index contributed by atoms with van der Waals surface area (Å²) in [6.45, 7) is 15.0. The molecule has 0 radical (unpaired) electrons. The van der Waals surface area contributed by atoms with Gasteiger partial charge in [0.15, 0.2) is 0 Å². The second-order valence-electron chi connectivity index (χ2n) is 10.6. The average Bonchev–Trinajstić information content (AvgIpc) is 3.38. The third kappa shape index (κ3) is 7.95. The number of nitrogens with zero attached hydrogens (tertiary/aromatic N) is 5. The minimum absolute atomic E-state index is 0.207. The summed E-state index contributed by atoms with van der Waals surface area (Å²) < 4.78 is 13.2. The lowest BCUT2D eigenvalue weighted by Gasteiger charge is -2.28. The van der Waals surface area contributed by atoms with Crippen LogP contribution in [0.4, 0.5) is 10.6 Å². The Morgan fingerprint density at radius 2 is 1.98 bits per heavy atom. The van der Waals surface area contributed by atoms with Gasteiger partial charge in [0.1, 0.15) is 17.4 Å². The van der Waals surface area contributed by atoms with Crippen LogP contribution in [0.3, 0.4) is 0 Å². The number of amides is 2. The van der Waals surface area contributed by atoms with E-state index >= 15 is 0 Å². The number of carbonyl (C=O) groups excluding carboxylic acids is 1. The normalized spacial score (nSPS) is 14.2. The van der Waals surface area contributed by atoms with Crippen LogP contribution in [-0.2, 0) is 16.7 Å². The summed E-state index contributed by atoms with van der Waals surface area (Å²) in [5.74, 6) is 1.91. The zero-order valence-electron chi connectivity index (χ0n) is 24.1. The van der Waals surface area contributed by atoms with Gasteiger partial charge >= 0.3 is 6.03 Å². The number of carbonyl (C=O) groups is 1. The van der Waals surface area contributed by atoms with Gasteiger partial charge in [0.2, 0.25) is 5.90 Å². The van der Waals surface area contributed by atoms with Crippen LogP contribution in [0.5, 0.6) is 5.75 Å². The molecule has 1 aliphatic rings. The number of aromatic nitrogens is 3. The lowest BCUT2D eigenvalue weighted by atomic mass is 9.92. The molecule has 1 fully saturated rings. The minimum atomic E-state index is -0.391. The number of anilines is 1. The van der Waals surface area contributed by atoms with Gasteiger partial charge in [-0.05, 0) is 31.3 Å². The third-order valence-corrected chi connectivity index (χ3v) is 6.34. The number of hydrogen-bond donors (Lipinski definition) is 3. The number of urea groups is 1. The van der Waals surface area contributed by atoms with E-state index in [2.05, 4.69) is 48.0 Å².